The first-order valence-electron chi connectivity index (χ1n) is 9.88. The standard InChI is InChI=1S/C24H23N3O3S/c1-16-13-14-19(23-20-11-7-8-12-21(20)24(30-3)26-25-23)15-22(16)31(28,29)27-17(2)18-9-5-4-6-10-18/h4-15,17,27H,1-3H3/t17-/m1/s1. The average Bonchev–Trinajstić information content (AvgIpc) is 2.79. The first kappa shape index (κ1) is 21.0. The number of nitrogens with zero attached hydrogens (tertiary/aromatic N) is 2. The van der Waals surface area contributed by atoms with Crippen molar-refractivity contribution in [3.63, 3.8) is 0 Å². The van der Waals surface area contributed by atoms with Crippen LogP contribution in [0.2, 0.25) is 0 Å². The molecule has 0 unspecified atom stereocenters. The van der Waals surface area contributed by atoms with Crippen LogP contribution in [0.4, 0.5) is 0 Å². The van der Waals surface area contributed by atoms with Gasteiger partial charge in [0.15, 0.2) is 0 Å². The minimum absolute atomic E-state index is 0.217. The number of benzene rings is 3. The Hall–Kier alpha value is -3.29. The molecule has 31 heavy (non-hydrogen) atoms. The number of rotatable bonds is 6. The van der Waals surface area contributed by atoms with Gasteiger partial charge in [-0.15, -0.1) is 10.2 Å². The molecule has 1 aromatic heterocycles. The molecule has 3 aromatic carbocycles. The van der Waals surface area contributed by atoms with Crippen molar-refractivity contribution in [2.24, 2.45) is 0 Å². The maximum atomic E-state index is 13.2. The molecule has 0 saturated carbocycles. The smallest absolute Gasteiger partial charge is 0.241 e. The third kappa shape index (κ3) is 4.15. The van der Waals surface area contributed by atoms with E-state index in [0.29, 0.717) is 22.7 Å². The van der Waals surface area contributed by atoms with Gasteiger partial charge < -0.3 is 4.74 Å². The lowest BCUT2D eigenvalue weighted by Gasteiger charge is -2.17. The van der Waals surface area contributed by atoms with Crippen LogP contribution < -0.4 is 9.46 Å². The molecule has 4 aromatic rings. The molecule has 7 heteroatoms. The summed E-state index contributed by atoms with van der Waals surface area (Å²) >= 11 is 0. The average molecular weight is 434 g/mol. The largest absolute Gasteiger partial charge is 0.479 e. The number of nitrogens with one attached hydrogen (secondary N) is 1. The molecule has 0 spiro atoms. The van der Waals surface area contributed by atoms with E-state index in [9.17, 15) is 8.42 Å². The summed E-state index contributed by atoms with van der Waals surface area (Å²) in [4.78, 5) is 0.217. The summed E-state index contributed by atoms with van der Waals surface area (Å²) < 4.78 is 34.5. The van der Waals surface area contributed by atoms with E-state index in [1.165, 1.54) is 0 Å². The zero-order chi connectivity index (χ0) is 22.0. The van der Waals surface area contributed by atoms with E-state index in [-0.39, 0.29) is 10.9 Å². The molecule has 0 fully saturated rings. The first-order chi connectivity index (χ1) is 14.9. The Morgan fingerprint density at radius 2 is 1.58 bits per heavy atom. The summed E-state index contributed by atoms with van der Waals surface area (Å²) in [6.45, 7) is 3.61. The minimum Gasteiger partial charge on any atom is -0.479 e. The predicted molar refractivity (Wildman–Crippen MR) is 121 cm³/mol. The van der Waals surface area contributed by atoms with Gasteiger partial charge in [-0.05, 0) is 37.1 Å². The number of fused-ring (bicyclic) bond motifs is 1. The number of ether oxygens (including phenoxy) is 1. The minimum atomic E-state index is -3.76. The SMILES string of the molecule is COc1nnc(-c2ccc(C)c(S(=O)(=O)N[C@H](C)c3ccccc3)c2)c2ccccc12. The quantitative estimate of drug-likeness (QED) is 0.479. The second kappa shape index (κ2) is 8.45. The molecule has 4 rings (SSSR count). The van der Waals surface area contributed by atoms with Crippen molar-refractivity contribution in [1.82, 2.24) is 14.9 Å². The Labute approximate surface area is 182 Å². The van der Waals surface area contributed by atoms with Crippen LogP contribution in [0.1, 0.15) is 24.1 Å². The second-order valence-electron chi connectivity index (χ2n) is 7.34. The summed E-state index contributed by atoms with van der Waals surface area (Å²) in [6, 6.07) is 22.0. The van der Waals surface area contributed by atoms with Crippen LogP contribution in [-0.4, -0.2) is 25.7 Å². The van der Waals surface area contributed by atoms with E-state index in [1.807, 2.05) is 67.6 Å². The van der Waals surface area contributed by atoms with Crippen molar-refractivity contribution in [3.05, 3.63) is 83.9 Å². The molecule has 1 atom stereocenters. The van der Waals surface area contributed by atoms with Crippen molar-refractivity contribution in [1.29, 1.82) is 0 Å². The zero-order valence-corrected chi connectivity index (χ0v) is 18.3. The highest BCUT2D eigenvalue weighted by atomic mass is 32.2. The predicted octanol–water partition coefficient (Wildman–Crippen LogP) is 4.65. The van der Waals surface area contributed by atoms with Gasteiger partial charge in [-0.2, -0.15) is 0 Å². The third-order valence-corrected chi connectivity index (χ3v) is 6.91. The van der Waals surface area contributed by atoms with Crippen LogP contribution in [0.15, 0.2) is 77.7 Å². The Morgan fingerprint density at radius 3 is 2.29 bits per heavy atom. The summed E-state index contributed by atoms with van der Waals surface area (Å²) in [5.41, 5.74) is 2.82. The van der Waals surface area contributed by atoms with Gasteiger partial charge in [0, 0.05) is 22.4 Å². The monoisotopic (exact) mass is 433 g/mol. The van der Waals surface area contributed by atoms with Crippen molar-refractivity contribution in [2.45, 2.75) is 24.8 Å². The highest BCUT2D eigenvalue weighted by molar-refractivity contribution is 7.89. The lowest BCUT2D eigenvalue weighted by atomic mass is 10.0. The molecule has 1 N–H and O–H groups in total. The first-order valence-corrected chi connectivity index (χ1v) is 11.4. The van der Waals surface area contributed by atoms with Crippen LogP contribution in [-0.2, 0) is 10.0 Å². The van der Waals surface area contributed by atoms with E-state index in [1.54, 1.807) is 26.2 Å². The van der Waals surface area contributed by atoms with Crippen LogP contribution >= 0.6 is 0 Å². The number of methoxy groups -OCH3 is 1. The Kier molecular flexibility index (Phi) is 5.71. The van der Waals surface area contributed by atoms with E-state index in [0.717, 1.165) is 16.3 Å². The van der Waals surface area contributed by atoms with Gasteiger partial charge in [-0.3, -0.25) is 0 Å². The van der Waals surface area contributed by atoms with Gasteiger partial charge in [0.2, 0.25) is 15.9 Å². The lowest BCUT2D eigenvalue weighted by molar-refractivity contribution is 0.398. The number of hydrogen-bond acceptors (Lipinski definition) is 5. The highest BCUT2D eigenvalue weighted by Crippen LogP contribution is 2.32. The van der Waals surface area contributed by atoms with Gasteiger partial charge in [-0.1, -0.05) is 60.7 Å². The summed E-state index contributed by atoms with van der Waals surface area (Å²) in [5, 5.41) is 10.1. The number of sulfonamides is 1. The number of aromatic nitrogens is 2. The summed E-state index contributed by atoms with van der Waals surface area (Å²) in [6.07, 6.45) is 0. The fourth-order valence-corrected chi connectivity index (χ4v) is 5.09. The Morgan fingerprint density at radius 1 is 0.903 bits per heavy atom. The maximum Gasteiger partial charge on any atom is 0.241 e. The van der Waals surface area contributed by atoms with Crippen molar-refractivity contribution in [3.8, 4) is 17.1 Å². The second-order valence-corrected chi connectivity index (χ2v) is 9.02. The van der Waals surface area contributed by atoms with E-state index >= 15 is 0 Å². The molecule has 158 valence electrons. The fourth-order valence-electron chi connectivity index (χ4n) is 3.59. The number of aryl methyl sites for hydroxylation is 1. The highest BCUT2D eigenvalue weighted by Gasteiger charge is 2.22. The molecule has 0 amide bonds. The molecule has 0 aliphatic heterocycles. The van der Waals surface area contributed by atoms with Crippen molar-refractivity contribution < 1.29 is 13.2 Å². The Balaban J connectivity index is 1.77. The zero-order valence-electron chi connectivity index (χ0n) is 17.5. The molecule has 0 saturated heterocycles. The third-order valence-electron chi connectivity index (χ3n) is 5.23. The van der Waals surface area contributed by atoms with Gasteiger partial charge >= 0.3 is 0 Å². The maximum absolute atomic E-state index is 13.2. The van der Waals surface area contributed by atoms with Crippen LogP contribution in [0.5, 0.6) is 5.88 Å². The molecule has 0 aliphatic rings. The molecule has 1 heterocycles. The Bertz CT molecular complexity index is 1340. The van der Waals surface area contributed by atoms with Crippen LogP contribution in [0.25, 0.3) is 22.0 Å². The molecule has 0 bridgehead atoms. The van der Waals surface area contributed by atoms with Gasteiger partial charge in [-0.25, -0.2) is 13.1 Å². The van der Waals surface area contributed by atoms with Crippen LogP contribution in [0.3, 0.4) is 0 Å². The molecular formula is C24H23N3O3S. The molecule has 0 aliphatic carbocycles. The fraction of sp³-hybridized carbons (Fsp3) is 0.167. The van der Waals surface area contributed by atoms with Crippen molar-refractivity contribution in [2.75, 3.05) is 7.11 Å². The number of hydrogen-bond donors (Lipinski definition) is 1. The van der Waals surface area contributed by atoms with Gasteiger partial charge in [0.1, 0.15) is 5.69 Å². The molecule has 6 nitrogen and oxygen atoms in total. The lowest BCUT2D eigenvalue weighted by Crippen LogP contribution is -2.27. The normalized spacial score (nSPS) is 12.6. The van der Waals surface area contributed by atoms with Gasteiger partial charge in [0.25, 0.3) is 0 Å². The summed E-state index contributed by atoms with van der Waals surface area (Å²) in [7, 11) is -2.21. The van der Waals surface area contributed by atoms with Crippen LogP contribution in [0, 0.1) is 6.92 Å². The topological polar surface area (TPSA) is 81.2 Å². The van der Waals surface area contributed by atoms with E-state index in [2.05, 4.69) is 14.9 Å². The summed E-state index contributed by atoms with van der Waals surface area (Å²) in [5.74, 6) is 0.428. The molecular weight excluding hydrogens is 410 g/mol. The van der Waals surface area contributed by atoms with Gasteiger partial charge in [0.05, 0.1) is 12.0 Å². The van der Waals surface area contributed by atoms with Crippen molar-refractivity contribution >= 4 is 20.8 Å². The molecule has 0 radical (unpaired) electrons. The van der Waals surface area contributed by atoms with E-state index in [4.69, 9.17) is 4.74 Å². The van der Waals surface area contributed by atoms with E-state index < -0.39 is 10.0 Å².